The average molecular weight is 290 g/mol. The highest BCUT2D eigenvalue weighted by molar-refractivity contribution is 5.45. The van der Waals surface area contributed by atoms with Gasteiger partial charge in [0.1, 0.15) is 24.1 Å². The molecule has 0 aliphatic heterocycles. The standard InChI is InChI=1S/C15H19FN4O/c1-9-4-11(5-10(2)15(9)16)7-18-13-6-12(17)19-14(20-13)8-21-3/h4-6H,7-8H2,1-3H3,(H3,17,18,19,20). The van der Waals surface area contributed by atoms with Crippen molar-refractivity contribution < 1.29 is 9.13 Å². The van der Waals surface area contributed by atoms with Gasteiger partial charge in [-0.05, 0) is 30.5 Å². The number of aryl methyl sites for hydroxylation is 2. The minimum Gasteiger partial charge on any atom is -0.384 e. The summed E-state index contributed by atoms with van der Waals surface area (Å²) in [6.07, 6.45) is 0. The molecule has 21 heavy (non-hydrogen) atoms. The summed E-state index contributed by atoms with van der Waals surface area (Å²) in [6.45, 7) is 4.34. The summed E-state index contributed by atoms with van der Waals surface area (Å²) in [7, 11) is 1.57. The molecule has 0 bridgehead atoms. The van der Waals surface area contributed by atoms with Crippen LogP contribution < -0.4 is 11.1 Å². The van der Waals surface area contributed by atoms with Gasteiger partial charge in [-0.15, -0.1) is 0 Å². The number of benzene rings is 1. The number of nitrogens with two attached hydrogens (primary N) is 1. The van der Waals surface area contributed by atoms with E-state index in [0.717, 1.165) is 5.56 Å². The summed E-state index contributed by atoms with van der Waals surface area (Å²) >= 11 is 0. The minimum absolute atomic E-state index is 0.160. The Morgan fingerprint density at radius 2 is 1.86 bits per heavy atom. The zero-order valence-electron chi connectivity index (χ0n) is 12.4. The number of rotatable bonds is 5. The van der Waals surface area contributed by atoms with Crippen LogP contribution in [0.4, 0.5) is 16.0 Å². The van der Waals surface area contributed by atoms with Gasteiger partial charge in [0.2, 0.25) is 0 Å². The molecule has 1 heterocycles. The zero-order valence-corrected chi connectivity index (χ0v) is 12.4. The predicted octanol–water partition coefficient (Wildman–Crippen LogP) is 2.57. The molecule has 0 saturated carbocycles. The maximum Gasteiger partial charge on any atom is 0.158 e. The molecule has 112 valence electrons. The lowest BCUT2D eigenvalue weighted by atomic mass is 10.1. The Morgan fingerprint density at radius 3 is 2.48 bits per heavy atom. The third-order valence-electron chi connectivity index (χ3n) is 3.04. The number of nitrogens with zero attached hydrogens (tertiary/aromatic N) is 2. The number of nitrogens with one attached hydrogen (secondary N) is 1. The van der Waals surface area contributed by atoms with E-state index in [2.05, 4.69) is 15.3 Å². The first kappa shape index (κ1) is 15.2. The lowest BCUT2D eigenvalue weighted by molar-refractivity contribution is 0.178. The van der Waals surface area contributed by atoms with E-state index in [-0.39, 0.29) is 5.82 Å². The second kappa shape index (κ2) is 6.49. The highest BCUT2D eigenvalue weighted by atomic mass is 19.1. The van der Waals surface area contributed by atoms with Crippen molar-refractivity contribution >= 4 is 11.6 Å². The van der Waals surface area contributed by atoms with Crippen molar-refractivity contribution in [1.82, 2.24) is 9.97 Å². The molecule has 0 amide bonds. The SMILES string of the molecule is COCc1nc(N)cc(NCc2cc(C)c(F)c(C)c2)n1. The van der Waals surface area contributed by atoms with Crippen LogP contribution in [0.25, 0.3) is 0 Å². The molecular weight excluding hydrogens is 271 g/mol. The fraction of sp³-hybridized carbons (Fsp3) is 0.333. The largest absolute Gasteiger partial charge is 0.384 e. The first-order chi connectivity index (χ1) is 9.99. The van der Waals surface area contributed by atoms with E-state index >= 15 is 0 Å². The smallest absolute Gasteiger partial charge is 0.158 e. The second-order valence-electron chi connectivity index (χ2n) is 4.92. The van der Waals surface area contributed by atoms with E-state index in [0.29, 0.717) is 41.7 Å². The van der Waals surface area contributed by atoms with Gasteiger partial charge in [0.15, 0.2) is 5.82 Å². The van der Waals surface area contributed by atoms with Gasteiger partial charge in [0.25, 0.3) is 0 Å². The Hall–Kier alpha value is -2.21. The summed E-state index contributed by atoms with van der Waals surface area (Å²) in [6, 6.07) is 5.29. The first-order valence-corrected chi connectivity index (χ1v) is 6.61. The molecule has 0 aliphatic carbocycles. The number of methoxy groups -OCH3 is 1. The molecule has 0 unspecified atom stereocenters. The van der Waals surface area contributed by atoms with Crippen LogP contribution in [0.5, 0.6) is 0 Å². The van der Waals surface area contributed by atoms with E-state index < -0.39 is 0 Å². The zero-order chi connectivity index (χ0) is 15.4. The van der Waals surface area contributed by atoms with Crippen LogP contribution in [0.3, 0.4) is 0 Å². The van der Waals surface area contributed by atoms with Crippen molar-refractivity contribution in [1.29, 1.82) is 0 Å². The summed E-state index contributed by atoms with van der Waals surface area (Å²) < 4.78 is 18.6. The van der Waals surface area contributed by atoms with Crippen molar-refractivity contribution in [2.45, 2.75) is 27.0 Å². The summed E-state index contributed by atoms with van der Waals surface area (Å²) in [5, 5.41) is 3.17. The molecule has 6 heteroatoms. The molecule has 2 rings (SSSR count). The van der Waals surface area contributed by atoms with Crippen molar-refractivity contribution in [3.8, 4) is 0 Å². The quantitative estimate of drug-likeness (QED) is 0.885. The van der Waals surface area contributed by atoms with E-state index in [1.54, 1.807) is 27.0 Å². The highest BCUT2D eigenvalue weighted by Crippen LogP contribution is 2.16. The first-order valence-electron chi connectivity index (χ1n) is 6.61. The lowest BCUT2D eigenvalue weighted by Gasteiger charge is -2.10. The predicted molar refractivity (Wildman–Crippen MR) is 80.4 cm³/mol. The van der Waals surface area contributed by atoms with Crippen molar-refractivity contribution in [2.24, 2.45) is 0 Å². The molecule has 2 aromatic rings. The normalized spacial score (nSPS) is 10.7. The third kappa shape index (κ3) is 3.88. The Kier molecular flexibility index (Phi) is 4.70. The number of ether oxygens (including phenoxy) is 1. The Labute approximate surface area is 123 Å². The monoisotopic (exact) mass is 290 g/mol. The molecule has 3 N–H and O–H groups in total. The molecule has 5 nitrogen and oxygen atoms in total. The van der Waals surface area contributed by atoms with Gasteiger partial charge in [-0.3, -0.25) is 0 Å². The molecule has 0 aliphatic rings. The van der Waals surface area contributed by atoms with Gasteiger partial charge in [0, 0.05) is 19.7 Å². The van der Waals surface area contributed by atoms with Crippen LogP contribution in [-0.2, 0) is 17.9 Å². The van der Waals surface area contributed by atoms with Gasteiger partial charge >= 0.3 is 0 Å². The number of hydrogen-bond acceptors (Lipinski definition) is 5. The van der Waals surface area contributed by atoms with E-state index in [1.165, 1.54) is 0 Å². The molecular formula is C15H19FN4O. The molecule has 1 aromatic heterocycles. The van der Waals surface area contributed by atoms with Gasteiger partial charge in [-0.1, -0.05) is 12.1 Å². The van der Waals surface area contributed by atoms with E-state index in [1.807, 2.05) is 12.1 Å². The molecule has 1 aromatic carbocycles. The number of halogens is 1. The van der Waals surface area contributed by atoms with E-state index in [4.69, 9.17) is 10.5 Å². The van der Waals surface area contributed by atoms with Crippen LogP contribution in [0, 0.1) is 19.7 Å². The van der Waals surface area contributed by atoms with Crippen LogP contribution in [-0.4, -0.2) is 17.1 Å². The molecule has 0 spiro atoms. The highest BCUT2D eigenvalue weighted by Gasteiger charge is 2.06. The Morgan fingerprint density at radius 1 is 1.19 bits per heavy atom. The summed E-state index contributed by atoms with van der Waals surface area (Å²) in [4.78, 5) is 8.37. The average Bonchev–Trinajstić information content (AvgIpc) is 2.42. The minimum atomic E-state index is -0.160. The van der Waals surface area contributed by atoms with Crippen molar-refractivity contribution in [3.05, 3.63) is 46.5 Å². The molecule has 0 saturated heterocycles. The van der Waals surface area contributed by atoms with E-state index in [9.17, 15) is 4.39 Å². The number of aromatic nitrogens is 2. The van der Waals surface area contributed by atoms with Gasteiger partial charge in [-0.25, -0.2) is 14.4 Å². The number of nitrogen functional groups attached to an aromatic ring is 1. The second-order valence-corrected chi connectivity index (χ2v) is 4.92. The Bertz CT molecular complexity index is 623. The maximum atomic E-state index is 13.6. The number of anilines is 2. The fourth-order valence-corrected chi connectivity index (χ4v) is 2.13. The maximum absolute atomic E-state index is 13.6. The fourth-order valence-electron chi connectivity index (χ4n) is 2.13. The van der Waals surface area contributed by atoms with Gasteiger partial charge in [0.05, 0.1) is 0 Å². The summed E-state index contributed by atoms with van der Waals surface area (Å²) in [5.41, 5.74) is 7.98. The third-order valence-corrected chi connectivity index (χ3v) is 3.04. The molecule has 0 fully saturated rings. The van der Waals surface area contributed by atoms with Crippen molar-refractivity contribution in [2.75, 3.05) is 18.2 Å². The van der Waals surface area contributed by atoms with Crippen molar-refractivity contribution in [3.63, 3.8) is 0 Å². The number of hydrogen-bond donors (Lipinski definition) is 2. The van der Waals surface area contributed by atoms with Crippen LogP contribution >= 0.6 is 0 Å². The topological polar surface area (TPSA) is 73.1 Å². The van der Waals surface area contributed by atoms with Gasteiger partial charge < -0.3 is 15.8 Å². The Balaban J connectivity index is 2.12. The van der Waals surface area contributed by atoms with Crippen LogP contribution in [0.2, 0.25) is 0 Å². The summed E-state index contributed by atoms with van der Waals surface area (Å²) in [5.74, 6) is 1.36. The lowest BCUT2D eigenvalue weighted by Crippen LogP contribution is -2.07. The van der Waals surface area contributed by atoms with Gasteiger partial charge in [-0.2, -0.15) is 0 Å². The van der Waals surface area contributed by atoms with Crippen LogP contribution in [0.15, 0.2) is 18.2 Å². The molecule has 0 radical (unpaired) electrons. The molecule has 0 atom stereocenters. The van der Waals surface area contributed by atoms with Crippen LogP contribution in [0.1, 0.15) is 22.5 Å².